The minimum atomic E-state index is -4.95. The maximum absolute atomic E-state index is 15.0. The number of pyridine rings is 1. The van der Waals surface area contributed by atoms with Gasteiger partial charge in [-0.15, -0.1) is 0 Å². The molecule has 9 nitrogen and oxygen atoms in total. The second-order valence-electron chi connectivity index (χ2n) is 7.08. The summed E-state index contributed by atoms with van der Waals surface area (Å²) in [6.45, 7) is 1.20. The van der Waals surface area contributed by atoms with Crippen LogP contribution in [0.4, 0.5) is 17.6 Å². The average molecular weight is 520 g/mol. The molecule has 0 N–H and O–H groups in total. The molecule has 3 rings (SSSR count). The van der Waals surface area contributed by atoms with Crippen molar-refractivity contribution in [3.8, 4) is 11.6 Å². The summed E-state index contributed by atoms with van der Waals surface area (Å²) in [6, 6.07) is 2.99. The Morgan fingerprint density at radius 2 is 2.03 bits per heavy atom. The number of esters is 1. The highest BCUT2D eigenvalue weighted by Gasteiger charge is 2.40. The van der Waals surface area contributed by atoms with Crippen molar-refractivity contribution in [1.82, 2.24) is 14.1 Å². The van der Waals surface area contributed by atoms with Crippen LogP contribution in [0.25, 0.3) is 5.70 Å². The first-order valence-electron chi connectivity index (χ1n) is 9.94. The van der Waals surface area contributed by atoms with Gasteiger partial charge in [0.15, 0.2) is 18.5 Å². The Balaban J connectivity index is 1.97. The molecule has 188 valence electrons. The van der Waals surface area contributed by atoms with Gasteiger partial charge in [-0.1, -0.05) is 11.6 Å². The van der Waals surface area contributed by atoms with Crippen LogP contribution in [-0.2, 0) is 22.8 Å². The molecule has 0 amide bonds. The van der Waals surface area contributed by atoms with E-state index in [4.69, 9.17) is 25.8 Å². The maximum atomic E-state index is 15.0. The van der Waals surface area contributed by atoms with Crippen LogP contribution in [0, 0.1) is 0 Å². The summed E-state index contributed by atoms with van der Waals surface area (Å²) in [4.78, 5) is 40.4. The number of hydrogen-bond acceptors (Lipinski definition) is 7. The molecular formula is C21H18ClF4N3O6. The second kappa shape index (κ2) is 9.94. The van der Waals surface area contributed by atoms with E-state index in [0.29, 0.717) is 4.57 Å². The molecule has 14 heteroatoms. The van der Waals surface area contributed by atoms with Crippen molar-refractivity contribution in [3.63, 3.8) is 0 Å². The Hall–Kier alpha value is -3.61. The predicted molar refractivity (Wildman–Crippen MR) is 115 cm³/mol. The van der Waals surface area contributed by atoms with Gasteiger partial charge in [-0.05, 0) is 37.3 Å². The third-order valence-corrected chi connectivity index (χ3v) is 5.01. The fourth-order valence-corrected chi connectivity index (χ4v) is 3.22. The first-order chi connectivity index (χ1) is 16.3. The molecule has 0 saturated carbocycles. The molecule has 0 spiro atoms. The summed E-state index contributed by atoms with van der Waals surface area (Å²) in [5.74, 6) is -1.05. The van der Waals surface area contributed by atoms with Crippen LogP contribution >= 0.6 is 11.6 Å². The van der Waals surface area contributed by atoms with Crippen molar-refractivity contribution in [2.75, 3.05) is 13.2 Å². The first kappa shape index (κ1) is 26.0. The zero-order valence-electron chi connectivity index (χ0n) is 18.2. The van der Waals surface area contributed by atoms with E-state index in [-0.39, 0.29) is 34.6 Å². The lowest BCUT2D eigenvalue weighted by Gasteiger charge is -2.28. The van der Waals surface area contributed by atoms with E-state index in [1.54, 1.807) is 6.92 Å². The number of carbonyl (C=O) groups excluding carboxylic acids is 1. The van der Waals surface area contributed by atoms with Crippen molar-refractivity contribution >= 4 is 23.3 Å². The Morgan fingerprint density at radius 1 is 1.31 bits per heavy atom. The van der Waals surface area contributed by atoms with Crippen molar-refractivity contribution in [2.45, 2.75) is 24.3 Å². The topological polar surface area (TPSA) is 102 Å². The van der Waals surface area contributed by atoms with Gasteiger partial charge in [0.05, 0.1) is 12.3 Å². The summed E-state index contributed by atoms with van der Waals surface area (Å²) in [5.41, 5.74) is -4.34. The van der Waals surface area contributed by atoms with Crippen molar-refractivity contribution in [2.24, 2.45) is 7.05 Å². The summed E-state index contributed by atoms with van der Waals surface area (Å²) < 4.78 is 70.5. The predicted octanol–water partition coefficient (Wildman–Crippen LogP) is 2.67. The molecule has 2 aromatic heterocycles. The molecule has 2 heterocycles. The van der Waals surface area contributed by atoms with Crippen LogP contribution in [0.5, 0.6) is 11.6 Å². The highest BCUT2D eigenvalue weighted by atomic mass is 35.5. The minimum absolute atomic E-state index is 0.120. The third-order valence-electron chi connectivity index (χ3n) is 4.67. The van der Waals surface area contributed by atoms with E-state index in [0.717, 1.165) is 25.3 Å². The quantitative estimate of drug-likeness (QED) is 0.315. The standard InChI is InChI=1S/C21H18ClF4N3O6/c1-3-33-17(31)11-34-18-13(5-4-8-27-18)35-15-9-12(6-7-20(15,22)23)29-16(30)10-14(21(24,25)26)28(2)19(29)32/h4-10,15H,3,11H2,1-2H3. The molecule has 1 aliphatic rings. The van der Waals surface area contributed by atoms with E-state index in [1.165, 1.54) is 18.3 Å². The SMILES string of the molecule is CCOC(=O)COc1ncccc1OC1C=C(n2c(=O)cc(C(F)(F)F)n(C)c2=O)C=CC1(F)Cl. The van der Waals surface area contributed by atoms with Gasteiger partial charge in [-0.25, -0.2) is 23.5 Å². The van der Waals surface area contributed by atoms with Crippen LogP contribution in [0.3, 0.4) is 0 Å². The van der Waals surface area contributed by atoms with Gasteiger partial charge >= 0.3 is 17.8 Å². The highest BCUT2D eigenvalue weighted by Crippen LogP contribution is 2.36. The summed E-state index contributed by atoms with van der Waals surface area (Å²) in [5, 5.41) is -2.68. The van der Waals surface area contributed by atoms with Gasteiger partial charge in [0.2, 0.25) is 5.13 Å². The van der Waals surface area contributed by atoms with Crippen molar-refractivity contribution < 1.29 is 36.6 Å². The molecule has 35 heavy (non-hydrogen) atoms. The molecular weight excluding hydrogens is 502 g/mol. The largest absolute Gasteiger partial charge is 0.475 e. The van der Waals surface area contributed by atoms with Gasteiger partial charge < -0.3 is 14.2 Å². The van der Waals surface area contributed by atoms with Crippen molar-refractivity contribution in [1.29, 1.82) is 0 Å². The zero-order valence-corrected chi connectivity index (χ0v) is 19.0. The van der Waals surface area contributed by atoms with Gasteiger partial charge in [0, 0.05) is 19.3 Å². The number of carbonyl (C=O) groups is 1. The van der Waals surface area contributed by atoms with Gasteiger partial charge in [0.25, 0.3) is 11.4 Å². The third kappa shape index (κ3) is 5.73. The van der Waals surface area contributed by atoms with Crippen LogP contribution in [-0.4, -0.2) is 44.5 Å². The van der Waals surface area contributed by atoms with Gasteiger partial charge in [-0.3, -0.25) is 9.36 Å². The lowest BCUT2D eigenvalue weighted by Crippen LogP contribution is -2.43. The lowest BCUT2D eigenvalue weighted by atomic mass is 10.1. The Labute approximate surface area is 199 Å². The highest BCUT2D eigenvalue weighted by molar-refractivity contribution is 6.25. The molecule has 0 aromatic carbocycles. The number of aromatic nitrogens is 3. The number of halogens is 5. The average Bonchev–Trinajstić information content (AvgIpc) is 2.77. The number of rotatable bonds is 7. The Bertz CT molecular complexity index is 1300. The molecule has 0 bridgehead atoms. The van der Waals surface area contributed by atoms with E-state index in [2.05, 4.69) is 4.98 Å². The minimum Gasteiger partial charge on any atom is -0.475 e. The molecule has 2 aromatic rings. The molecule has 0 saturated heterocycles. The molecule has 2 atom stereocenters. The molecule has 2 unspecified atom stereocenters. The number of nitrogens with zero attached hydrogens (tertiary/aromatic N) is 3. The van der Waals surface area contributed by atoms with Gasteiger partial charge in [-0.2, -0.15) is 13.2 Å². The number of alkyl halides is 5. The van der Waals surface area contributed by atoms with Gasteiger partial charge in [0.1, 0.15) is 5.69 Å². The monoisotopic (exact) mass is 519 g/mol. The van der Waals surface area contributed by atoms with Crippen molar-refractivity contribution in [3.05, 3.63) is 69.2 Å². The first-order valence-corrected chi connectivity index (χ1v) is 10.3. The van der Waals surface area contributed by atoms with Crippen LogP contribution in [0.1, 0.15) is 12.6 Å². The number of allylic oxidation sites excluding steroid dienone is 2. The zero-order chi connectivity index (χ0) is 26.0. The van der Waals surface area contributed by atoms with E-state index < -0.39 is 46.9 Å². The molecule has 1 aliphatic carbocycles. The Morgan fingerprint density at radius 3 is 2.69 bits per heavy atom. The maximum Gasteiger partial charge on any atom is 0.431 e. The lowest BCUT2D eigenvalue weighted by molar-refractivity contribution is -0.145. The summed E-state index contributed by atoms with van der Waals surface area (Å²) >= 11 is 5.88. The van der Waals surface area contributed by atoms with E-state index >= 15 is 4.39 Å². The van der Waals surface area contributed by atoms with E-state index in [1.807, 2.05) is 0 Å². The Kier molecular flexibility index (Phi) is 7.38. The number of ether oxygens (including phenoxy) is 3. The molecule has 0 radical (unpaired) electrons. The number of hydrogen-bond donors (Lipinski definition) is 0. The molecule has 0 aliphatic heterocycles. The van der Waals surface area contributed by atoms with Crippen LogP contribution in [0.2, 0.25) is 0 Å². The summed E-state index contributed by atoms with van der Waals surface area (Å²) in [7, 11) is 0.839. The normalized spacial score (nSPS) is 19.7. The fourth-order valence-electron chi connectivity index (χ4n) is 3.05. The fraction of sp³-hybridized carbons (Fsp3) is 0.333. The van der Waals surface area contributed by atoms with Crippen LogP contribution in [0.15, 0.2) is 52.2 Å². The molecule has 0 fully saturated rings. The van der Waals surface area contributed by atoms with Crippen LogP contribution < -0.4 is 20.7 Å². The van der Waals surface area contributed by atoms with E-state index in [9.17, 15) is 27.6 Å². The second-order valence-corrected chi connectivity index (χ2v) is 7.66. The smallest absolute Gasteiger partial charge is 0.431 e. The summed E-state index contributed by atoms with van der Waals surface area (Å²) in [6.07, 6.45) is -2.64.